The van der Waals surface area contributed by atoms with Crippen molar-refractivity contribution in [3.63, 3.8) is 0 Å². The number of ether oxygens (including phenoxy) is 1. The molecule has 4 nitrogen and oxygen atoms in total. The van der Waals surface area contributed by atoms with Crippen LogP contribution >= 0.6 is 0 Å². The summed E-state index contributed by atoms with van der Waals surface area (Å²) in [5.41, 5.74) is 2.48. The Morgan fingerprint density at radius 3 is 2.58 bits per heavy atom. The molecule has 0 radical (unpaired) electrons. The Morgan fingerprint density at radius 1 is 1.03 bits per heavy atom. The molecule has 0 amide bonds. The minimum Gasteiger partial charge on any atom is -0.376 e. The van der Waals surface area contributed by atoms with Crippen molar-refractivity contribution in [2.75, 3.05) is 6.61 Å². The largest absolute Gasteiger partial charge is 0.433 e. The van der Waals surface area contributed by atoms with E-state index < -0.39 is 11.9 Å². The Kier molecular flexibility index (Phi) is 4.78. The lowest BCUT2D eigenvalue weighted by atomic mass is 9.92. The van der Waals surface area contributed by atoms with Crippen LogP contribution in [0.2, 0.25) is 0 Å². The van der Waals surface area contributed by atoms with E-state index in [2.05, 4.69) is 15.2 Å². The van der Waals surface area contributed by atoms with E-state index in [4.69, 9.17) is 4.74 Å². The van der Waals surface area contributed by atoms with Crippen LogP contribution in [0.15, 0.2) is 66.9 Å². The lowest BCUT2D eigenvalue weighted by Gasteiger charge is -2.18. The molecular weight excluding hydrogens is 403 g/mol. The fourth-order valence-electron chi connectivity index (χ4n) is 4.01. The van der Waals surface area contributed by atoms with Crippen molar-refractivity contribution in [2.24, 2.45) is 0 Å². The molecule has 0 atom stereocenters. The molecule has 1 aliphatic carbocycles. The van der Waals surface area contributed by atoms with Crippen LogP contribution in [0.3, 0.4) is 0 Å². The lowest BCUT2D eigenvalue weighted by molar-refractivity contribution is -0.139. The van der Waals surface area contributed by atoms with Gasteiger partial charge in [-0.05, 0) is 41.2 Å². The van der Waals surface area contributed by atoms with Gasteiger partial charge in [0.2, 0.25) is 0 Å². The van der Waals surface area contributed by atoms with Crippen LogP contribution in [0, 0.1) is 0 Å². The molecule has 2 aromatic heterocycles. The summed E-state index contributed by atoms with van der Waals surface area (Å²) in [4.78, 5) is 3.99. The maximum Gasteiger partial charge on any atom is 0.433 e. The predicted molar refractivity (Wildman–Crippen MR) is 113 cm³/mol. The van der Waals surface area contributed by atoms with Gasteiger partial charge in [0, 0.05) is 13.0 Å². The number of pyridine rings is 1. The Morgan fingerprint density at radius 2 is 1.84 bits per heavy atom. The first-order valence-electron chi connectivity index (χ1n) is 10.1. The zero-order valence-electron chi connectivity index (χ0n) is 16.6. The number of aromatic amines is 1. The molecule has 160 valence electrons. The molecular formula is C24H22F3N3O. The smallest absolute Gasteiger partial charge is 0.376 e. The number of nitrogens with zero attached hydrogens (tertiary/aromatic N) is 2. The highest BCUT2D eigenvalue weighted by Crippen LogP contribution is 2.49. The molecule has 0 aliphatic heterocycles. The summed E-state index contributed by atoms with van der Waals surface area (Å²) in [5, 5.41) is 5.85. The van der Waals surface area contributed by atoms with Crippen molar-refractivity contribution in [3.05, 3.63) is 83.7 Å². The Hall–Kier alpha value is -3.19. The van der Waals surface area contributed by atoms with Gasteiger partial charge in [-0.1, -0.05) is 54.6 Å². The van der Waals surface area contributed by atoms with Crippen LogP contribution in [0.4, 0.5) is 13.2 Å². The second-order valence-corrected chi connectivity index (χ2v) is 7.99. The summed E-state index contributed by atoms with van der Waals surface area (Å²) in [7, 11) is 0. The summed E-state index contributed by atoms with van der Waals surface area (Å²) in [6.45, 7) is 1.12. The first kappa shape index (κ1) is 19.8. The molecule has 2 heterocycles. The van der Waals surface area contributed by atoms with Gasteiger partial charge in [0.15, 0.2) is 5.65 Å². The van der Waals surface area contributed by atoms with Crippen molar-refractivity contribution < 1.29 is 19.3 Å². The second-order valence-electron chi connectivity index (χ2n) is 7.99. The molecule has 1 fully saturated rings. The van der Waals surface area contributed by atoms with E-state index in [0.717, 1.165) is 24.0 Å². The predicted octanol–water partition coefficient (Wildman–Crippen LogP) is 6.14. The summed E-state index contributed by atoms with van der Waals surface area (Å²) in [5.74, 6) is 0. The molecule has 1 N–H and O–H groups in total. The number of fused-ring (bicyclic) bond motifs is 1. The van der Waals surface area contributed by atoms with Crippen molar-refractivity contribution in [2.45, 2.75) is 31.0 Å². The van der Waals surface area contributed by atoms with Crippen molar-refractivity contribution in [1.82, 2.24) is 15.2 Å². The molecule has 7 heteroatoms. The average molecular weight is 425 g/mol. The lowest BCUT2D eigenvalue weighted by Crippen LogP contribution is -2.15. The minimum absolute atomic E-state index is 0. The molecule has 1 aliphatic rings. The van der Waals surface area contributed by atoms with E-state index in [0.29, 0.717) is 24.3 Å². The van der Waals surface area contributed by atoms with E-state index in [-0.39, 0.29) is 17.9 Å². The van der Waals surface area contributed by atoms with Crippen LogP contribution in [0.25, 0.3) is 22.2 Å². The van der Waals surface area contributed by atoms with E-state index in [9.17, 15) is 13.2 Å². The summed E-state index contributed by atoms with van der Waals surface area (Å²) < 4.78 is 46.5. The third kappa shape index (κ3) is 3.81. The SMILES string of the molecule is FC(F)(F)c1[nH]nc2nccc(-c3cccc(C4(COCc5ccccc5)CC4)c3)c12.[HH]. The van der Waals surface area contributed by atoms with Gasteiger partial charge in [0.05, 0.1) is 18.6 Å². The van der Waals surface area contributed by atoms with Gasteiger partial charge in [-0.2, -0.15) is 18.3 Å². The number of benzene rings is 2. The first-order valence-corrected chi connectivity index (χ1v) is 10.1. The van der Waals surface area contributed by atoms with Crippen LogP contribution in [-0.2, 0) is 22.9 Å². The Balaban J connectivity index is 0.00000245. The average Bonchev–Trinajstić information content (AvgIpc) is 3.42. The molecule has 31 heavy (non-hydrogen) atoms. The summed E-state index contributed by atoms with van der Waals surface area (Å²) in [6, 6.07) is 19.3. The van der Waals surface area contributed by atoms with Gasteiger partial charge in [-0.15, -0.1) is 0 Å². The van der Waals surface area contributed by atoms with Crippen molar-refractivity contribution in [3.8, 4) is 11.1 Å². The molecule has 5 rings (SSSR count). The highest BCUT2D eigenvalue weighted by Gasteiger charge is 2.44. The van der Waals surface area contributed by atoms with E-state index in [1.165, 1.54) is 6.20 Å². The molecule has 4 aromatic rings. The zero-order chi connectivity index (χ0) is 21.5. The van der Waals surface area contributed by atoms with Crippen LogP contribution in [0.5, 0.6) is 0 Å². The normalized spacial score (nSPS) is 15.3. The fourth-order valence-corrected chi connectivity index (χ4v) is 4.01. The maximum absolute atomic E-state index is 13.5. The van der Waals surface area contributed by atoms with Gasteiger partial charge in [-0.3, -0.25) is 5.10 Å². The molecule has 0 unspecified atom stereocenters. The molecule has 0 spiro atoms. The number of hydrogen-bond acceptors (Lipinski definition) is 3. The number of halogens is 3. The Bertz CT molecular complexity index is 1220. The summed E-state index contributed by atoms with van der Waals surface area (Å²) in [6.07, 6.45) is -1.05. The number of aromatic nitrogens is 3. The van der Waals surface area contributed by atoms with E-state index >= 15 is 0 Å². The van der Waals surface area contributed by atoms with Gasteiger partial charge in [-0.25, -0.2) is 4.98 Å². The minimum atomic E-state index is -4.53. The second kappa shape index (κ2) is 7.50. The third-order valence-corrected chi connectivity index (χ3v) is 5.87. The number of nitrogens with one attached hydrogen (secondary N) is 1. The van der Waals surface area contributed by atoms with Gasteiger partial charge in [0.1, 0.15) is 5.69 Å². The third-order valence-electron chi connectivity index (χ3n) is 5.87. The number of rotatable bonds is 6. The fraction of sp³-hybridized carbons (Fsp3) is 0.250. The number of H-pyrrole nitrogens is 1. The van der Waals surface area contributed by atoms with E-state index in [1.54, 1.807) is 6.07 Å². The monoisotopic (exact) mass is 425 g/mol. The van der Waals surface area contributed by atoms with Crippen LogP contribution in [-0.4, -0.2) is 21.8 Å². The van der Waals surface area contributed by atoms with E-state index in [1.807, 2.05) is 54.6 Å². The highest BCUT2D eigenvalue weighted by atomic mass is 19.4. The number of alkyl halides is 3. The van der Waals surface area contributed by atoms with Crippen molar-refractivity contribution >= 4 is 11.0 Å². The Labute approximate surface area is 178 Å². The van der Waals surface area contributed by atoms with Gasteiger partial charge < -0.3 is 4.74 Å². The molecule has 0 bridgehead atoms. The molecule has 1 saturated carbocycles. The zero-order valence-corrected chi connectivity index (χ0v) is 16.6. The van der Waals surface area contributed by atoms with Gasteiger partial charge >= 0.3 is 6.18 Å². The van der Waals surface area contributed by atoms with Crippen molar-refractivity contribution in [1.29, 1.82) is 0 Å². The molecule has 2 aromatic carbocycles. The topological polar surface area (TPSA) is 50.8 Å². The van der Waals surface area contributed by atoms with Crippen LogP contribution in [0.1, 0.15) is 31.1 Å². The number of hydrogen-bond donors (Lipinski definition) is 1. The van der Waals surface area contributed by atoms with Gasteiger partial charge in [0.25, 0.3) is 0 Å². The maximum atomic E-state index is 13.5. The summed E-state index contributed by atoms with van der Waals surface area (Å²) >= 11 is 0. The standard InChI is InChI=1S/C24H20F3N3O.H2/c25-24(26,27)21-20-19(9-12-28-22(20)30-29-21)17-7-4-8-18(13-17)23(10-11-23)15-31-14-16-5-2-1-3-6-16;/h1-9,12-13H,10-11,14-15H2,(H,28,29,30);1H. The molecule has 0 saturated heterocycles. The van der Waals surface area contributed by atoms with Crippen LogP contribution < -0.4 is 0 Å². The quantitative estimate of drug-likeness (QED) is 0.404. The highest BCUT2D eigenvalue weighted by molar-refractivity contribution is 5.94. The first-order chi connectivity index (χ1) is 15.0.